The van der Waals surface area contributed by atoms with Crippen molar-refractivity contribution in [3.05, 3.63) is 47.0 Å². The van der Waals surface area contributed by atoms with Gasteiger partial charge < -0.3 is 14.6 Å². The molecule has 0 unspecified atom stereocenters. The van der Waals surface area contributed by atoms with Crippen LogP contribution in [0.1, 0.15) is 25.2 Å². The molecule has 4 nitrogen and oxygen atoms in total. The molecule has 1 aromatic heterocycles. The topological polar surface area (TPSA) is 39.1 Å². The second-order valence-electron chi connectivity index (χ2n) is 5.52. The highest BCUT2D eigenvalue weighted by Gasteiger charge is 2.07. The van der Waals surface area contributed by atoms with Gasteiger partial charge in [0.15, 0.2) is 0 Å². The van der Waals surface area contributed by atoms with Crippen LogP contribution in [0.25, 0.3) is 0 Å². The van der Waals surface area contributed by atoms with Crippen LogP contribution in [0.3, 0.4) is 0 Å². The van der Waals surface area contributed by atoms with Crippen molar-refractivity contribution < 1.29 is 4.74 Å². The molecule has 0 atom stereocenters. The summed E-state index contributed by atoms with van der Waals surface area (Å²) in [5.41, 5.74) is 1.07. The molecule has 114 valence electrons. The number of rotatable bonds is 7. The fraction of sp³-hybridized carbons (Fsp3) is 0.438. The van der Waals surface area contributed by atoms with Crippen LogP contribution in [0.15, 0.2) is 30.6 Å². The van der Waals surface area contributed by atoms with Crippen molar-refractivity contribution >= 4 is 11.6 Å². The van der Waals surface area contributed by atoms with Gasteiger partial charge in [-0.2, -0.15) is 0 Å². The third-order valence-corrected chi connectivity index (χ3v) is 3.40. The van der Waals surface area contributed by atoms with Gasteiger partial charge in [-0.3, -0.25) is 0 Å². The molecule has 0 aliphatic heterocycles. The Bertz CT molecular complexity index is 581. The lowest BCUT2D eigenvalue weighted by Gasteiger charge is -2.13. The van der Waals surface area contributed by atoms with E-state index in [1.54, 1.807) is 6.20 Å². The standard InChI is InChI=1S/C16H22ClN3O/c1-12(2)9-18-10-13-8-14(17)4-5-15(13)21-11-16-19-6-7-20(16)3/h4-8,12,18H,9-11H2,1-3H3. The molecule has 2 aromatic rings. The molecular weight excluding hydrogens is 286 g/mol. The SMILES string of the molecule is CC(C)CNCc1cc(Cl)ccc1OCc1nccn1C. The summed E-state index contributed by atoms with van der Waals surface area (Å²) in [6.45, 7) is 6.52. The second-order valence-corrected chi connectivity index (χ2v) is 5.96. The molecule has 1 N–H and O–H groups in total. The summed E-state index contributed by atoms with van der Waals surface area (Å²) >= 11 is 6.08. The summed E-state index contributed by atoms with van der Waals surface area (Å²) in [7, 11) is 1.96. The van der Waals surface area contributed by atoms with Crippen molar-refractivity contribution in [3.63, 3.8) is 0 Å². The van der Waals surface area contributed by atoms with Gasteiger partial charge >= 0.3 is 0 Å². The maximum absolute atomic E-state index is 6.08. The molecule has 0 saturated heterocycles. The van der Waals surface area contributed by atoms with Gasteiger partial charge in [-0.25, -0.2) is 4.98 Å². The maximum Gasteiger partial charge on any atom is 0.146 e. The van der Waals surface area contributed by atoms with Crippen molar-refractivity contribution in [1.29, 1.82) is 0 Å². The molecule has 0 saturated carbocycles. The number of halogens is 1. The van der Waals surface area contributed by atoms with Crippen molar-refractivity contribution in [2.75, 3.05) is 6.54 Å². The third kappa shape index (κ3) is 4.76. The first-order chi connectivity index (χ1) is 10.1. The van der Waals surface area contributed by atoms with E-state index in [2.05, 4.69) is 24.1 Å². The van der Waals surface area contributed by atoms with E-state index >= 15 is 0 Å². The monoisotopic (exact) mass is 307 g/mol. The van der Waals surface area contributed by atoms with Crippen molar-refractivity contribution in [2.24, 2.45) is 13.0 Å². The average molecular weight is 308 g/mol. The molecule has 1 heterocycles. The van der Waals surface area contributed by atoms with Gasteiger partial charge in [-0.15, -0.1) is 0 Å². The van der Waals surface area contributed by atoms with Gasteiger partial charge in [0, 0.05) is 36.6 Å². The Balaban J connectivity index is 2.02. The van der Waals surface area contributed by atoms with E-state index in [1.165, 1.54) is 0 Å². The first kappa shape index (κ1) is 15.9. The van der Waals surface area contributed by atoms with Crippen LogP contribution in [0, 0.1) is 5.92 Å². The number of ether oxygens (including phenoxy) is 1. The molecule has 1 aromatic carbocycles. The zero-order chi connectivity index (χ0) is 15.2. The summed E-state index contributed by atoms with van der Waals surface area (Å²) in [6, 6.07) is 5.71. The van der Waals surface area contributed by atoms with Crippen LogP contribution in [0.4, 0.5) is 0 Å². The van der Waals surface area contributed by atoms with Gasteiger partial charge in [-0.05, 0) is 30.7 Å². The molecular formula is C16H22ClN3O. The number of hydrogen-bond acceptors (Lipinski definition) is 3. The Morgan fingerprint density at radius 2 is 2.19 bits per heavy atom. The van der Waals surface area contributed by atoms with E-state index in [0.717, 1.165) is 35.2 Å². The number of benzene rings is 1. The maximum atomic E-state index is 6.08. The first-order valence-corrected chi connectivity index (χ1v) is 7.52. The van der Waals surface area contributed by atoms with E-state index in [1.807, 2.05) is 36.0 Å². The van der Waals surface area contributed by atoms with Crippen LogP contribution < -0.4 is 10.1 Å². The predicted molar refractivity (Wildman–Crippen MR) is 85.5 cm³/mol. The van der Waals surface area contributed by atoms with Crippen molar-refractivity contribution in [2.45, 2.75) is 27.0 Å². The summed E-state index contributed by atoms with van der Waals surface area (Å²) in [5, 5.41) is 4.14. The number of nitrogens with one attached hydrogen (secondary N) is 1. The molecule has 0 amide bonds. The highest BCUT2D eigenvalue weighted by Crippen LogP contribution is 2.23. The molecule has 21 heavy (non-hydrogen) atoms. The van der Waals surface area contributed by atoms with Gasteiger partial charge in [0.1, 0.15) is 18.2 Å². The van der Waals surface area contributed by atoms with Crippen LogP contribution in [0.2, 0.25) is 5.02 Å². The Hall–Kier alpha value is -1.52. The van der Waals surface area contributed by atoms with Crippen molar-refractivity contribution in [1.82, 2.24) is 14.9 Å². The molecule has 5 heteroatoms. The second kappa shape index (κ2) is 7.48. The molecule has 0 spiro atoms. The summed E-state index contributed by atoms with van der Waals surface area (Å²) in [5.74, 6) is 2.35. The molecule has 0 fully saturated rings. The smallest absolute Gasteiger partial charge is 0.146 e. The lowest BCUT2D eigenvalue weighted by Crippen LogP contribution is -2.19. The van der Waals surface area contributed by atoms with Gasteiger partial charge in [0.25, 0.3) is 0 Å². The summed E-state index contributed by atoms with van der Waals surface area (Å²) < 4.78 is 7.84. The third-order valence-electron chi connectivity index (χ3n) is 3.17. The van der Waals surface area contributed by atoms with E-state index in [4.69, 9.17) is 16.3 Å². The number of nitrogens with zero attached hydrogens (tertiary/aromatic N) is 2. The van der Waals surface area contributed by atoms with E-state index in [-0.39, 0.29) is 0 Å². The van der Waals surface area contributed by atoms with Gasteiger partial charge in [0.05, 0.1) is 0 Å². The first-order valence-electron chi connectivity index (χ1n) is 7.14. The molecule has 0 aliphatic rings. The Labute approximate surface area is 131 Å². The van der Waals surface area contributed by atoms with Gasteiger partial charge in [-0.1, -0.05) is 25.4 Å². The molecule has 0 radical (unpaired) electrons. The quantitative estimate of drug-likeness (QED) is 0.852. The zero-order valence-corrected chi connectivity index (χ0v) is 13.5. The fourth-order valence-corrected chi connectivity index (χ4v) is 2.20. The minimum Gasteiger partial charge on any atom is -0.485 e. The van der Waals surface area contributed by atoms with E-state index in [9.17, 15) is 0 Å². The normalized spacial score (nSPS) is 11.1. The number of aromatic nitrogens is 2. The average Bonchev–Trinajstić information content (AvgIpc) is 2.83. The largest absolute Gasteiger partial charge is 0.485 e. The van der Waals surface area contributed by atoms with Crippen LogP contribution in [-0.2, 0) is 20.2 Å². The molecule has 0 aliphatic carbocycles. The lowest BCUT2D eigenvalue weighted by molar-refractivity contribution is 0.288. The zero-order valence-electron chi connectivity index (χ0n) is 12.8. The Morgan fingerprint density at radius 1 is 1.38 bits per heavy atom. The van der Waals surface area contributed by atoms with Crippen LogP contribution in [-0.4, -0.2) is 16.1 Å². The highest BCUT2D eigenvalue weighted by atomic mass is 35.5. The predicted octanol–water partition coefficient (Wildman–Crippen LogP) is 3.40. The van der Waals surface area contributed by atoms with Crippen molar-refractivity contribution in [3.8, 4) is 5.75 Å². The molecule has 0 bridgehead atoms. The van der Waals surface area contributed by atoms with E-state index in [0.29, 0.717) is 12.5 Å². The minimum absolute atomic E-state index is 0.447. The number of imidazole rings is 1. The van der Waals surface area contributed by atoms with Crippen LogP contribution >= 0.6 is 11.6 Å². The van der Waals surface area contributed by atoms with Gasteiger partial charge in [0.2, 0.25) is 0 Å². The fourth-order valence-electron chi connectivity index (χ4n) is 2.00. The number of aryl methyl sites for hydroxylation is 1. The highest BCUT2D eigenvalue weighted by molar-refractivity contribution is 6.30. The minimum atomic E-state index is 0.447. The van der Waals surface area contributed by atoms with E-state index < -0.39 is 0 Å². The Kier molecular flexibility index (Phi) is 5.65. The summed E-state index contributed by atoms with van der Waals surface area (Å²) in [6.07, 6.45) is 3.68. The number of hydrogen-bond donors (Lipinski definition) is 1. The molecule has 2 rings (SSSR count). The summed E-state index contributed by atoms with van der Waals surface area (Å²) in [4.78, 5) is 4.26. The van der Waals surface area contributed by atoms with Crippen LogP contribution in [0.5, 0.6) is 5.75 Å². The Morgan fingerprint density at radius 3 is 2.86 bits per heavy atom. The lowest BCUT2D eigenvalue weighted by atomic mass is 10.2.